The Labute approximate surface area is 234 Å². The van der Waals surface area contributed by atoms with Crippen molar-refractivity contribution < 1.29 is 23.1 Å². The summed E-state index contributed by atoms with van der Waals surface area (Å²) in [5.74, 6) is -0.983. The number of ether oxygens (including phenoxy) is 1. The molecule has 0 saturated heterocycles. The number of methoxy groups -OCH3 is 1. The van der Waals surface area contributed by atoms with E-state index < -0.39 is 16.9 Å². The molecular weight excluding hydrogens is 534 g/mol. The lowest BCUT2D eigenvalue weighted by Gasteiger charge is -2.23. The number of rotatable bonds is 7. The number of benzene rings is 3. The maximum atomic E-state index is 15.3. The molecule has 40 heavy (non-hydrogen) atoms. The Hall–Kier alpha value is -4.18. The van der Waals surface area contributed by atoms with E-state index in [0.717, 1.165) is 24.5 Å². The summed E-state index contributed by atoms with van der Waals surface area (Å²) in [5, 5.41) is 7.22. The van der Waals surface area contributed by atoms with Gasteiger partial charge in [0, 0.05) is 28.8 Å². The summed E-state index contributed by atoms with van der Waals surface area (Å²) in [4.78, 5) is 28.1. The van der Waals surface area contributed by atoms with Gasteiger partial charge in [0.25, 0.3) is 0 Å². The Bertz CT molecular complexity index is 1570. The van der Waals surface area contributed by atoms with Gasteiger partial charge in [-0.3, -0.25) is 14.5 Å². The molecule has 6 rings (SSSR count). The summed E-state index contributed by atoms with van der Waals surface area (Å²) in [5.41, 5.74) is 2.73. The molecule has 1 fully saturated rings. The predicted octanol–water partition coefficient (Wildman–Crippen LogP) is 5.27. The molecule has 0 radical (unpaired) electrons. The normalized spacial score (nSPS) is 16.8. The molecule has 4 aromatic rings. The number of hydrogen-bond donors (Lipinski definition) is 1. The van der Waals surface area contributed by atoms with Gasteiger partial charge >= 0.3 is 0 Å². The lowest BCUT2D eigenvalue weighted by molar-refractivity contribution is -0.123. The van der Waals surface area contributed by atoms with Crippen LogP contribution in [0.4, 0.5) is 14.6 Å². The van der Waals surface area contributed by atoms with Crippen LogP contribution >= 0.6 is 11.8 Å². The number of anilines is 1. The first-order chi connectivity index (χ1) is 19.4. The highest BCUT2D eigenvalue weighted by Gasteiger charge is 2.39. The Morgan fingerprint density at radius 3 is 2.50 bits per heavy atom. The fraction of sp³-hybridized carbons (Fsp3) is 0.233. The Kier molecular flexibility index (Phi) is 7.02. The van der Waals surface area contributed by atoms with Crippen molar-refractivity contribution in [2.75, 3.05) is 24.3 Å². The highest BCUT2D eigenvalue weighted by molar-refractivity contribution is 8.00. The average Bonchev–Trinajstić information content (AvgIpc) is 3.71. The standard InChI is InChI=1S/C30H26F2N4O3S/c1-39-22-12-10-21(11-13-22)36-30-27(28(34-36)18-5-3-2-4-6-18)29(23-14-7-19(31)15-24(23)32)40-17-26(38)35(30)16-25(37)33-20-8-9-20/h2-7,10-15,20,29H,8-9,16-17H2,1H3,(H,33,37)/t29-/m1/s1. The zero-order valence-corrected chi connectivity index (χ0v) is 22.5. The van der Waals surface area contributed by atoms with Gasteiger partial charge in [-0.25, -0.2) is 13.5 Å². The number of hydrogen-bond acceptors (Lipinski definition) is 5. The van der Waals surface area contributed by atoms with Crippen LogP contribution in [0.25, 0.3) is 16.9 Å². The van der Waals surface area contributed by atoms with Gasteiger partial charge in [0.2, 0.25) is 11.8 Å². The van der Waals surface area contributed by atoms with Crippen molar-refractivity contribution in [2.45, 2.75) is 24.1 Å². The van der Waals surface area contributed by atoms with E-state index in [1.54, 1.807) is 36.1 Å². The number of thioether (sulfide) groups is 1. The van der Waals surface area contributed by atoms with Crippen LogP contribution < -0.4 is 15.0 Å². The second-order valence-corrected chi connectivity index (χ2v) is 10.8. The van der Waals surface area contributed by atoms with Crippen LogP contribution in [0, 0.1) is 11.6 Å². The summed E-state index contributed by atoms with van der Waals surface area (Å²) in [6, 6.07) is 20.2. The van der Waals surface area contributed by atoms with Gasteiger partial charge in [-0.2, -0.15) is 5.10 Å². The second kappa shape index (κ2) is 10.8. The number of carbonyl (C=O) groups excluding carboxylic acids is 2. The first-order valence-corrected chi connectivity index (χ1v) is 14.0. The van der Waals surface area contributed by atoms with Gasteiger partial charge < -0.3 is 10.1 Å². The van der Waals surface area contributed by atoms with Gasteiger partial charge in [-0.1, -0.05) is 36.4 Å². The average molecular weight is 561 g/mol. The summed E-state index contributed by atoms with van der Waals surface area (Å²) in [7, 11) is 1.57. The highest BCUT2D eigenvalue weighted by Crippen LogP contribution is 2.49. The van der Waals surface area contributed by atoms with E-state index in [0.29, 0.717) is 28.5 Å². The fourth-order valence-corrected chi connectivity index (χ4v) is 6.06. The van der Waals surface area contributed by atoms with Crippen molar-refractivity contribution >= 4 is 29.4 Å². The number of carbonyl (C=O) groups is 2. The van der Waals surface area contributed by atoms with Crippen LogP contribution in [0.5, 0.6) is 5.75 Å². The molecule has 1 aromatic heterocycles. The molecule has 0 bridgehead atoms. The SMILES string of the molecule is COc1ccc(-n2nc(-c3ccccc3)c3c2N(CC(=O)NC2CC2)C(=O)CS[C@@H]3c2ccc(F)cc2F)cc1. The van der Waals surface area contributed by atoms with E-state index >= 15 is 4.39 Å². The summed E-state index contributed by atoms with van der Waals surface area (Å²) < 4.78 is 36.2. The first-order valence-electron chi connectivity index (χ1n) is 12.9. The van der Waals surface area contributed by atoms with Crippen molar-refractivity contribution in [3.63, 3.8) is 0 Å². The third-order valence-electron chi connectivity index (χ3n) is 6.94. The molecule has 0 spiro atoms. The number of aromatic nitrogens is 2. The van der Waals surface area contributed by atoms with Crippen LogP contribution in [0.2, 0.25) is 0 Å². The van der Waals surface area contributed by atoms with Crippen molar-refractivity contribution in [1.29, 1.82) is 0 Å². The van der Waals surface area contributed by atoms with E-state index in [4.69, 9.17) is 9.84 Å². The highest BCUT2D eigenvalue weighted by atomic mass is 32.2. The van der Waals surface area contributed by atoms with Crippen molar-refractivity contribution in [3.05, 3.63) is 95.6 Å². The molecule has 1 aliphatic heterocycles. The lowest BCUT2D eigenvalue weighted by Crippen LogP contribution is -2.43. The lowest BCUT2D eigenvalue weighted by atomic mass is 9.99. The van der Waals surface area contributed by atoms with Crippen molar-refractivity contribution in [1.82, 2.24) is 15.1 Å². The third kappa shape index (κ3) is 5.06. The summed E-state index contributed by atoms with van der Waals surface area (Å²) in [6.07, 6.45) is 1.82. The van der Waals surface area contributed by atoms with Crippen LogP contribution in [0.15, 0.2) is 72.8 Å². The van der Waals surface area contributed by atoms with Crippen molar-refractivity contribution in [3.8, 4) is 22.7 Å². The molecule has 2 heterocycles. The smallest absolute Gasteiger partial charge is 0.240 e. The van der Waals surface area contributed by atoms with Crippen LogP contribution in [0.1, 0.15) is 29.2 Å². The van der Waals surface area contributed by atoms with Crippen LogP contribution in [-0.2, 0) is 9.59 Å². The first kappa shape index (κ1) is 26.1. The Morgan fingerprint density at radius 2 is 1.82 bits per heavy atom. The van der Waals surface area contributed by atoms with E-state index in [1.165, 1.54) is 28.8 Å². The van der Waals surface area contributed by atoms with Gasteiger partial charge in [0.15, 0.2) is 0 Å². The molecule has 2 aliphatic rings. The number of halogens is 2. The molecule has 1 N–H and O–H groups in total. The zero-order valence-electron chi connectivity index (χ0n) is 21.6. The number of fused-ring (bicyclic) bond motifs is 1. The molecule has 1 atom stereocenters. The molecule has 1 aliphatic carbocycles. The maximum absolute atomic E-state index is 15.3. The molecule has 0 unspecified atom stereocenters. The monoisotopic (exact) mass is 560 g/mol. The summed E-state index contributed by atoms with van der Waals surface area (Å²) >= 11 is 1.23. The minimum atomic E-state index is -0.716. The van der Waals surface area contributed by atoms with Gasteiger partial charge in [0.1, 0.15) is 29.7 Å². The predicted molar refractivity (Wildman–Crippen MR) is 150 cm³/mol. The number of nitrogens with one attached hydrogen (secondary N) is 1. The van der Waals surface area contributed by atoms with Gasteiger partial charge in [0.05, 0.1) is 29.5 Å². The molecular formula is C30H26F2N4O3S. The largest absolute Gasteiger partial charge is 0.497 e. The van der Waals surface area contributed by atoms with E-state index in [1.807, 2.05) is 30.3 Å². The molecule has 10 heteroatoms. The molecule has 7 nitrogen and oxygen atoms in total. The van der Waals surface area contributed by atoms with E-state index in [9.17, 15) is 14.0 Å². The van der Waals surface area contributed by atoms with E-state index in [-0.39, 0.29) is 35.7 Å². The molecule has 1 saturated carbocycles. The van der Waals surface area contributed by atoms with Crippen molar-refractivity contribution in [2.24, 2.45) is 0 Å². The third-order valence-corrected chi connectivity index (χ3v) is 8.18. The van der Waals surface area contributed by atoms with Crippen LogP contribution in [-0.4, -0.2) is 47.0 Å². The Balaban J connectivity index is 1.60. The van der Waals surface area contributed by atoms with E-state index in [2.05, 4.69) is 5.32 Å². The maximum Gasteiger partial charge on any atom is 0.240 e. The minimum absolute atomic E-state index is 0.0102. The minimum Gasteiger partial charge on any atom is -0.497 e. The molecule has 3 aromatic carbocycles. The topological polar surface area (TPSA) is 76.5 Å². The second-order valence-electron chi connectivity index (χ2n) is 9.74. The zero-order chi connectivity index (χ0) is 27.8. The van der Waals surface area contributed by atoms with Gasteiger partial charge in [-0.15, -0.1) is 11.8 Å². The Morgan fingerprint density at radius 1 is 1.07 bits per heavy atom. The quantitative estimate of drug-likeness (QED) is 0.333. The summed E-state index contributed by atoms with van der Waals surface area (Å²) in [6.45, 7) is -0.211. The number of nitrogens with zero attached hydrogens (tertiary/aromatic N) is 3. The number of amides is 2. The van der Waals surface area contributed by atoms with Crippen LogP contribution in [0.3, 0.4) is 0 Å². The fourth-order valence-electron chi connectivity index (χ4n) is 4.84. The molecule has 204 valence electrons. The van der Waals surface area contributed by atoms with Gasteiger partial charge in [-0.05, 0) is 43.2 Å². The molecule has 2 amide bonds.